The smallest absolute Gasteiger partial charge is 0.254 e. The van der Waals surface area contributed by atoms with Crippen molar-refractivity contribution in [2.75, 3.05) is 5.32 Å². The van der Waals surface area contributed by atoms with Crippen molar-refractivity contribution in [1.82, 2.24) is 9.97 Å². The van der Waals surface area contributed by atoms with Gasteiger partial charge in [-0.1, -0.05) is 24.3 Å². The number of nitrogens with one attached hydrogen (secondary N) is 1. The molecule has 1 heterocycles. The van der Waals surface area contributed by atoms with E-state index in [9.17, 15) is 4.79 Å². The lowest BCUT2D eigenvalue weighted by Crippen LogP contribution is -2.27. The molecular weight excluding hydrogens is 316 g/mol. The first-order valence-electron chi connectivity index (χ1n) is 8.46. The minimum atomic E-state index is -0.550. The summed E-state index contributed by atoms with van der Waals surface area (Å²) in [5.74, 6) is 0.206. The lowest BCUT2D eigenvalue weighted by molar-refractivity contribution is 0.100. The molecule has 4 rings (SSSR count). The van der Waals surface area contributed by atoms with Gasteiger partial charge >= 0.3 is 0 Å². The van der Waals surface area contributed by atoms with Crippen LogP contribution in [0.3, 0.4) is 0 Å². The second-order valence-electron chi connectivity index (χ2n) is 6.49. The zero-order chi connectivity index (χ0) is 17.4. The van der Waals surface area contributed by atoms with Crippen molar-refractivity contribution in [2.45, 2.75) is 37.8 Å². The first-order valence-corrected chi connectivity index (χ1v) is 8.46. The van der Waals surface area contributed by atoms with E-state index in [4.69, 9.17) is 11.5 Å². The fourth-order valence-electron chi connectivity index (χ4n) is 3.05. The molecule has 0 unspecified atom stereocenters. The number of rotatable bonds is 4. The Hall–Kier alpha value is -2.80. The van der Waals surface area contributed by atoms with Crippen molar-refractivity contribution in [2.24, 2.45) is 16.5 Å². The zero-order valence-corrected chi connectivity index (χ0v) is 13.8. The van der Waals surface area contributed by atoms with Crippen LogP contribution >= 0.6 is 0 Å². The molecule has 7 heteroatoms. The van der Waals surface area contributed by atoms with Crippen LogP contribution in [0, 0.1) is 0 Å². The Labute approximate surface area is 145 Å². The summed E-state index contributed by atoms with van der Waals surface area (Å²) in [7, 11) is 0. The highest BCUT2D eigenvalue weighted by Crippen LogP contribution is 2.29. The molecule has 1 atom stereocenters. The minimum absolute atomic E-state index is 0.260. The summed E-state index contributed by atoms with van der Waals surface area (Å²) < 4.78 is 0. The summed E-state index contributed by atoms with van der Waals surface area (Å²) >= 11 is 0. The Morgan fingerprint density at radius 1 is 1.24 bits per heavy atom. The van der Waals surface area contributed by atoms with Crippen LogP contribution in [0.5, 0.6) is 0 Å². The first kappa shape index (κ1) is 15.7. The highest BCUT2D eigenvalue weighted by atomic mass is 16.1. The molecule has 2 aliphatic rings. The Balaban J connectivity index is 1.66. The minimum Gasteiger partial charge on any atom is -0.367 e. The van der Waals surface area contributed by atoms with E-state index in [0.717, 1.165) is 37.0 Å². The van der Waals surface area contributed by atoms with E-state index in [1.807, 2.05) is 18.2 Å². The van der Waals surface area contributed by atoms with E-state index in [2.05, 4.69) is 26.3 Å². The number of aryl methyl sites for hydroxylation is 1. The van der Waals surface area contributed by atoms with Gasteiger partial charge in [0.1, 0.15) is 5.82 Å². The van der Waals surface area contributed by atoms with Gasteiger partial charge in [0, 0.05) is 18.0 Å². The van der Waals surface area contributed by atoms with Crippen molar-refractivity contribution >= 4 is 23.4 Å². The molecule has 0 spiro atoms. The summed E-state index contributed by atoms with van der Waals surface area (Å²) in [5, 5.41) is 3.22. The third kappa shape index (κ3) is 3.23. The van der Waals surface area contributed by atoms with Gasteiger partial charge in [0.05, 0.1) is 11.6 Å². The lowest BCUT2D eigenvalue weighted by atomic mass is 9.87. The average molecular weight is 336 g/mol. The van der Waals surface area contributed by atoms with Gasteiger partial charge in [-0.25, -0.2) is 9.98 Å². The van der Waals surface area contributed by atoms with Crippen LogP contribution in [-0.4, -0.2) is 27.6 Å². The van der Waals surface area contributed by atoms with Gasteiger partial charge in [0.25, 0.3) is 11.9 Å². The van der Waals surface area contributed by atoms with Gasteiger partial charge in [-0.3, -0.25) is 4.79 Å². The molecule has 1 aromatic carbocycles. The van der Waals surface area contributed by atoms with E-state index in [0.29, 0.717) is 17.8 Å². The largest absolute Gasteiger partial charge is 0.367 e. The monoisotopic (exact) mass is 336 g/mol. The van der Waals surface area contributed by atoms with Crippen molar-refractivity contribution in [3.63, 3.8) is 0 Å². The Morgan fingerprint density at radius 3 is 2.80 bits per heavy atom. The number of anilines is 1. The van der Waals surface area contributed by atoms with Crippen LogP contribution < -0.4 is 16.8 Å². The SMILES string of the molecule is NC(=O)c1cnc(N=C2CCc3ccccc3[C@@H]2N)nc1NC1CC1. The predicted molar refractivity (Wildman–Crippen MR) is 96.0 cm³/mol. The number of nitrogens with zero attached hydrogens (tertiary/aromatic N) is 3. The number of carbonyl (C=O) groups excluding carboxylic acids is 1. The number of amides is 1. The van der Waals surface area contributed by atoms with E-state index in [1.165, 1.54) is 11.8 Å². The number of aliphatic imine (C=N–C) groups is 1. The van der Waals surface area contributed by atoms with Crippen LogP contribution in [0.4, 0.5) is 11.8 Å². The van der Waals surface area contributed by atoms with E-state index in [-0.39, 0.29) is 11.6 Å². The molecule has 1 fully saturated rings. The molecule has 1 amide bonds. The summed E-state index contributed by atoms with van der Waals surface area (Å²) in [4.78, 5) is 24.7. The highest BCUT2D eigenvalue weighted by Gasteiger charge is 2.25. The summed E-state index contributed by atoms with van der Waals surface area (Å²) in [6.45, 7) is 0. The number of fused-ring (bicyclic) bond motifs is 1. The molecule has 1 aromatic heterocycles. The molecule has 25 heavy (non-hydrogen) atoms. The fourth-order valence-corrected chi connectivity index (χ4v) is 3.05. The second kappa shape index (κ2) is 6.25. The number of nitrogens with two attached hydrogens (primary N) is 2. The molecule has 0 radical (unpaired) electrons. The van der Waals surface area contributed by atoms with E-state index >= 15 is 0 Å². The van der Waals surface area contributed by atoms with Crippen LogP contribution in [-0.2, 0) is 6.42 Å². The van der Waals surface area contributed by atoms with Crippen molar-refractivity contribution < 1.29 is 4.79 Å². The Bertz CT molecular complexity index is 858. The van der Waals surface area contributed by atoms with Gasteiger partial charge in [0.2, 0.25) is 0 Å². The standard InChI is InChI=1S/C18H20N6O/c19-15-12-4-2-1-3-10(12)5-8-14(15)23-18-21-9-13(16(20)25)17(24-18)22-11-6-7-11/h1-4,9,11,15H,5-8,19H2,(H2,20,25)(H,21,22,24)/t15-/m0/s1. The number of carbonyl (C=O) groups is 1. The van der Waals surface area contributed by atoms with Crippen molar-refractivity contribution in [3.05, 3.63) is 47.2 Å². The second-order valence-corrected chi connectivity index (χ2v) is 6.49. The van der Waals surface area contributed by atoms with Crippen LogP contribution in [0.2, 0.25) is 0 Å². The number of hydrogen-bond acceptors (Lipinski definition) is 6. The molecule has 0 saturated heterocycles. The number of hydrogen-bond donors (Lipinski definition) is 3. The Morgan fingerprint density at radius 2 is 2.04 bits per heavy atom. The number of primary amides is 1. The summed E-state index contributed by atoms with van der Waals surface area (Å²) in [5.41, 5.74) is 15.3. The normalized spacial score (nSPS) is 21.0. The van der Waals surface area contributed by atoms with Gasteiger partial charge in [0.15, 0.2) is 0 Å². The van der Waals surface area contributed by atoms with Crippen LogP contribution in [0.15, 0.2) is 35.5 Å². The molecule has 0 bridgehead atoms. The van der Waals surface area contributed by atoms with Gasteiger partial charge in [-0.15, -0.1) is 0 Å². The third-order valence-corrected chi connectivity index (χ3v) is 4.60. The maximum atomic E-state index is 11.6. The average Bonchev–Trinajstić information content (AvgIpc) is 3.42. The molecule has 7 nitrogen and oxygen atoms in total. The van der Waals surface area contributed by atoms with Gasteiger partial charge < -0.3 is 16.8 Å². The number of aromatic nitrogens is 2. The van der Waals surface area contributed by atoms with E-state index in [1.54, 1.807) is 0 Å². The Kier molecular flexibility index (Phi) is 3.93. The van der Waals surface area contributed by atoms with Crippen LogP contribution in [0.25, 0.3) is 0 Å². The number of benzene rings is 1. The topological polar surface area (TPSA) is 119 Å². The van der Waals surface area contributed by atoms with Gasteiger partial charge in [-0.2, -0.15) is 4.98 Å². The molecule has 128 valence electrons. The molecule has 5 N–H and O–H groups in total. The van der Waals surface area contributed by atoms with Crippen LogP contribution in [0.1, 0.15) is 46.8 Å². The molecular formula is C18H20N6O. The maximum absolute atomic E-state index is 11.6. The molecule has 2 aliphatic carbocycles. The quantitative estimate of drug-likeness (QED) is 0.787. The molecule has 2 aromatic rings. The fraction of sp³-hybridized carbons (Fsp3) is 0.333. The van der Waals surface area contributed by atoms with E-state index < -0.39 is 5.91 Å². The van der Waals surface area contributed by atoms with Crippen molar-refractivity contribution in [1.29, 1.82) is 0 Å². The summed E-state index contributed by atoms with van der Waals surface area (Å²) in [6.07, 6.45) is 5.23. The maximum Gasteiger partial charge on any atom is 0.254 e. The predicted octanol–water partition coefficient (Wildman–Crippen LogP) is 1.87. The first-order chi connectivity index (χ1) is 12.1. The van der Waals surface area contributed by atoms with Crippen molar-refractivity contribution in [3.8, 4) is 0 Å². The zero-order valence-electron chi connectivity index (χ0n) is 13.8. The summed E-state index contributed by atoms with van der Waals surface area (Å²) in [6, 6.07) is 8.22. The third-order valence-electron chi connectivity index (χ3n) is 4.60. The molecule has 1 saturated carbocycles. The van der Waals surface area contributed by atoms with Gasteiger partial charge in [-0.05, 0) is 36.8 Å². The molecule has 0 aliphatic heterocycles. The highest BCUT2D eigenvalue weighted by molar-refractivity contribution is 5.98. The lowest BCUT2D eigenvalue weighted by Gasteiger charge is -2.24.